The van der Waals surface area contributed by atoms with E-state index in [1.165, 1.54) is 6.33 Å². The summed E-state index contributed by atoms with van der Waals surface area (Å²) in [6.07, 6.45) is 4.74. The Hall–Kier alpha value is -1.82. The fourth-order valence-corrected chi connectivity index (χ4v) is 1.15. The summed E-state index contributed by atoms with van der Waals surface area (Å²) in [5.74, 6) is 1.08. The molecular formula is C10H13N5O. The normalized spacial score (nSPS) is 10.9. The molecule has 0 aliphatic rings. The van der Waals surface area contributed by atoms with Crippen LogP contribution in [0.1, 0.15) is 19.7 Å². The Bertz CT molecular complexity index is 439. The van der Waals surface area contributed by atoms with E-state index in [-0.39, 0.29) is 0 Å². The van der Waals surface area contributed by atoms with E-state index in [2.05, 4.69) is 39.3 Å². The molecule has 0 bridgehead atoms. The summed E-state index contributed by atoms with van der Waals surface area (Å²) in [6.45, 7) is 4.72. The maximum atomic E-state index is 5.10. The van der Waals surface area contributed by atoms with Crippen molar-refractivity contribution in [3.8, 4) is 11.5 Å². The SMILES string of the molecule is CC(C)NCc1noc(-c2cncnc2)n1. The van der Waals surface area contributed by atoms with Crippen molar-refractivity contribution in [1.29, 1.82) is 0 Å². The number of rotatable bonds is 4. The van der Waals surface area contributed by atoms with Crippen LogP contribution in [-0.4, -0.2) is 26.2 Å². The zero-order chi connectivity index (χ0) is 11.4. The van der Waals surface area contributed by atoms with Crippen molar-refractivity contribution in [3.63, 3.8) is 0 Å². The van der Waals surface area contributed by atoms with Crippen molar-refractivity contribution in [2.24, 2.45) is 0 Å². The van der Waals surface area contributed by atoms with Crippen LogP contribution in [0, 0.1) is 0 Å². The zero-order valence-electron chi connectivity index (χ0n) is 9.21. The third kappa shape index (κ3) is 2.60. The van der Waals surface area contributed by atoms with E-state index in [0.29, 0.717) is 24.3 Å². The van der Waals surface area contributed by atoms with Crippen LogP contribution in [0.3, 0.4) is 0 Å². The molecule has 0 aliphatic carbocycles. The minimum absolute atomic E-state index is 0.391. The lowest BCUT2D eigenvalue weighted by Crippen LogP contribution is -2.22. The third-order valence-corrected chi connectivity index (χ3v) is 1.94. The second-order valence-corrected chi connectivity index (χ2v) is 3.68. The number of hydrogen-bond donors (Lipinski definition) is 1. The average Bonchev–Trinajstić information content (AvgIpc) is 2.76. The topological polar surface area (TPSA) is 76.7 Å². The molecule has 0 aromatic carbocycles. The lowest BCUT2D eigenvalue weighted by Gasteiger charge is -2.03. The van der Waals surface area contributed by atoms with Crippen LogP contribution in [-0.2, 0) is 6.54 Å². The van der Waals surface area contributed by atoms with Crippen molar-refractivity contribution in [2.75, 3.05) is 0 Å². The van der Waals surface area contributed by atoms with Gasteiger partial charge in [0.2, 0.25) is 0 Å². The zero-order valence-corrected chi connectivity index (χ0v) is 9.21. The van der Waals surface area contributed by atoms with Crippen LogP contribution in [0.5, 0.6) is 0 Å². The fourth-order valence-electron chi connectivity index (χ4n) is 1.15. The highest BCUT2D eigenvalue weighted by Gasteiger charge is 2.08. The number of nitrogens with one attached hydrogen (secondary N) is 1. The Morgan fingerprint density at radius 1 is 1.31 bits per heavy atom. The van der Waals surface area contributed by atoms with Gasteiger partial charge in [-0.15, -0.1) is 0 Å². The molecule has 0 fully saturated rings. The van der Waals surface area contributed by atoms with Gasteiger partial charge in [0.25, 0.3) is 5.89 Å². The van der Waals surface area contributed by atoms with Gasteiger partial charge < -0.3 is 9.84 Å². The van der Waals surface area contributed by atoms with Crippen LogP contribution < -0.4 is 5.32 Å². The van der Waals surface area contributed by atoms with E-state index in [1.807, 2.05) is 0 Å². The first kappa shape index (κ1) is 10.7. The van der Waals surface area contributed by atoms with Crippen LogP contribution in [0.15, 0.2) is 23.2 Å². The molecule has 0 saturated heterocycles. The van der Waals surface area contributed by atoms with E-state index in [4.69, 9.17) is 4.52 Å². The molecule has 0 aliphatic heterocycles. The van der Waals surface area contributed by atoms with Gasteiger partial charge in [0.05, 0.1) is 12.1 Å². The Morgan fingerprint density at radius 3 is 2.75 bits per heavy atom. The first-order chi connectivity index (χ1) is 7.75. The molecule has 2 aromatic rings. The molecule has 1 N–H and O–H groups in total. The number of nitrogens with zero attached hydrogens (tertiary/aromatic N) is 4. The Balaban J connectivity index is 2.08. The van der Waals surface area contributed by atoms with E-state index in [1.54, 1.807) is 12.4 Å². The van der Waals surface area contributed by atoms with Gasteiger partial charge in [0, 0.05) is 18.4 Å². The van der Waals surface area contributed by atoms with Gasteiger partial charge in [-0.1, -0.05) is 19.0 Å². The summed E-state index contributed by atoms with van der Waals surface area (Å²) >= 11 is 0. The lowest BCUT2D eigenvalue weighted by molar-refractivity contribution is 0.417. The summed E-state index contributed by atoms with van der Waals surface area (Å²) in [5, 5.41) is 7.07. The van der Waals surface area contributed by atoms with Crippen LogP contribution in [0.2, 0.25) is 0 Å². The molecule has 2 rings (SSSR count). The van der Waals surface area contributed by atoms with E-state index in [9.17, 15) is 0 Å². The molecule has 2 aromatic heterocycles. The molecule has 6 heteroatoms. The van der Waals surface area contributed by atoms with Gasteiger partial charge in [-0.05, 0) is 0 Å². The largest absolute Gasteiger partial charge is 0.334 e. The van der Waals surface area contributed by atoms with E-state index >= 15 is 0 Å². The molecule has 0 saturated carbocycles. The Kier molecular flexibility index (Phi) is 3.21. The first-order valence-electron chi connectivity index (χ1n) is 5.07. The maximum absolute atomic E-state index is 5.10. The average molecular weight is 219 g/mol. The van der Waals surface area contributed by atoms with Crippen LogP contribution in [0.25, 0.3) is 11.5 Å². The first-order valence-corrected chi connectivity index (χ1v) is 5.07. The standard InChI is InChI=1S/C10H13N5O/c1-7(2)13-5-9-14-10(16-15-9)8-3-11-6-12-4-8/h3-4,6-7,13H,5H2,1-2H3. The highest BCUT2D eigenvalue weighted by Crippen LogP contribution is 2.13. The van der Waals surface area contributed by atoms with Gasteiger partial charge in [0.15, 0.2) is 5.82 Å². The monoisotopic (exact) mass is 219 g/mol. The van der Waals surface area contributed by atoms with Gasteiger partial charge in [-0.25, -0.2) is 9.97 Å². The molecule has 16 heavy (non-hydrogen) atoms. The quantitative estimate of drug-likeness (QED) is 0.827. The number of aromatic nitrogens is 4. The molecule has 0 atom stereocenters. The third-order valence-electron chi connectivity index (χ3n) is 1.94. The van der Waals surface area contributed by atoms with E-state index < -0.39 is 0 Å². The van der Waals surface area contributed by atoms with Gasteiger partial charge in [0.1, 0.15) is 6.33 Å². The summed E-state index contributed by atoms with van der Waals surface area (Å²) in [5.41, 5.74) is 0.728. The fraction of sp³-hybridized carbons (Fsp3) is 0.400. The summed E-state index contributed by atoms with van der Waals surface area (Å²) in [7, 11) is 0. The highest BCUT2D eigenvalue weighted by atomic mass is 16.5. The minimum Gasteiger partial charge on any atom is -0.334 e. The predicted octanol–water partition coefficient (Wildman–Crippen LogP) is 1.02. The number of hydrogen-bond acceptors (Lipinski definition) is 6. The highest BCUT2D eigenvalue weighted by molar-refractivity contribution is 5.48. The molecule has 2 heterocycles. The summed E-state index contributed by atoms with van der Waals surface area (Å²) in [6, 6.07) is 0.391. The van der Waals surface area contributed by atoms with Crippen molar-refractivity contribution < 1.29 is 4.52 Å². The smallest absolute Gasteiger partial charge is 0.261 e. The second-order valence-electron chi connectivity index (χ2n) is 3.68. The molecule has 84 valence electrons. The molecule has 0 spiro atoms. The Labute approximate surface area is 93.1 Å². The molecular weight excluding hydrogens is 206 g/mol. The van der Waals surface area contributed by atoms with E-state index in [0.717, 1.165) is 5.56 Å². The van der Waals surface area contributed by atoms with Crippen LogP contribution >= 0.6 is 0 Å². The lowest BCUT2D eigenvalue weighted by atomic mass is 10.3. The second kappa shape index (κ2) is 4.80. The van der Waals surface area contributed by atoms with Gasteiger partial charge in [-0.2, -0.15) is 4.98 Å². The van der Waals surface area contributed by atoms with Crippen LogP contribution in [0.4, 0.5) is 0 Å². The molecule has 0 unspecified atom stereocenters. The maximum Gasteiger partial charge on any atom is 0.261 e. The summed E-state index contributed by atoms with van der Waals surface area (Å²) < 4.78 is 5.10. The summed E-state index contributed by atoms with van der Waals surface area (Å²) in [4.78, 5) is 12.0. The molecule has 0 amide bonds. The van der Waals surface area contributed by atoms with Gasteiger partial charge in [-0.3, -0.25) is 0 Å². The molecule has 0 radical (unpaired) electrons. The van der Waals surface area contributed by atoms with Crippen molar-refractivity contribution >= 4 is 0 Å². The van der Waals surface area contributed by atoms with Gasteiger partial charge >= 0.3 is 0 Å². The minimum atomic E-state index is 0.391. The molecule has 6 nitrogen and oxygen atoms in total. The Morgan fingerprint density at radius 2 is 2.06 bits per heavy atom. The van der Waals surface area contributed by atoms with Crippen molar-refractivity contribution in [2.45, 2.75) is 26.4 Å². The van der Waals surface area contributed by atoms with Crippen molar-refractivity contribution in [3.05, 3.63) is 24.5 Å². The van der Waals surface area contributed by atoms with Crippen molar-refractivity contribution in [1.82, 2.24) is 25.4 Å². The predicted molar refractivity (Wildman–Crippen MR) is 57.3 cm³/mol.